The van der Waals surface area contributed by atoms with Crippen molar-refractivity contribution in [3.63, 3.8) is 0 Å². The molecule has 0 saturated carbocycles. The van der Waals surface area contributed by atoms with E-state index in [1.165, 1.54) is 24.2 Å². The molecule has 0 saturated heterocycles. The van der Waals surface area contributed by atoms with Gasteiger partial charge >= 0.3 is 4.87 Å². The van der Waals surface area contributed by atoms with Crippen molar-refractivity contribution in [3.05, 3.63) is 38.8 Å². The zero-order valence-electron chi connectivity index (χ0n) is 14.2. The molecule has 0 fully saturated rings. The summed E-state index contributed by atoms with van der Waals surface area (Å²) in [4.78, 5) is 18.4. The SMILES string of the molecule is CCCCN(CC)Cc1sc(=O)[nH]c1-c1ccccc1OCC. The maximum Gasteiger partial charge on any atom is 0.305 e. The van der Waals surface area contributed by atoms with Crippen molar-refractivity contribution < 1.29 is 4.74 Å². The second-order valence-electron chi connectivity index (χ2n) is 5.46. The lowest BCUT2D eigenvalue weighted by Gasteiger charge is -2.20. The Morgan fingerprint density at radius 3 is 2.70 bits per heavy atom. The number of nitrogens with one attached hydrogen (secondary N) is 1. The zero-order valence-corrected chi connectivity index (χ0v) is 15.0. The number of para-hydroxylation sites is 1. The van der Waals surface area contributed by atoms with Gasteiger partial charge in [0.15, 0.2) is 0 Å². The number of ether oxygens (including phenoxy) is 1. The van der Waals surface area contributed by atoms with Gasteiger partial charge in [0.25, 0.3) is 0 Å². The molecule has 0 aliphatic carbocycles. The highest BCUT2D eigenvalue weighted by molar-refractivity contribution is 7.09. The molecule has 0 spiro atoms. The van der Waals surface area contributed by atoms with Gasteiger partial charge in [-0.15, -0.1) is 0 Å². The lowest BCUT2D eigenvalue weighted by Crippen LogP contribution is -2.23. The largest absolute Gasteiger partial charge is 0.493 e. The highest BCUT2D eigenvalue weighted by Crippen LogP contribution is 2.32. The predicted molar refractivity (Wildman–Crippen MR) is 97.4 cm³/mol. The number of benzene rings is 1. The molecule has 2 rings (SSSR count). The molecule has 1 aromatic carbocycles. The van der Waals surface area contributed by atoms with Crippen LogP contribution in [0.4, 0.5) is 0 Å². The number of thiazole rings is 1. The number of aromatic nitrogens is 1. The molecule has 5 heteroatoms. The molecule has 1 heterocycles. The summed E-state index contributed by atoms with van der Waals surface area (Å²) in [7, 11) is 0. The summed E-state index contributed by atoms with van der Waals surface area (Å²) >= 11 is 1.30. The van der Waals surface area contributed by atoms with Crippen molar-refractivity contribution in [2.75, 3.05) is 19.7 Å². The Balaban J connectivity index is 2.32. The Morgan fingerprint density at radius 2 is 2.00 bits per heavy atom. The Kier molecular flexibility index (Phi) is 6.86. The Hall–Kier alpha value is -1.59. The molecule has 126 valence electrons. The van der Waals surface area contributed by atoms with Gasteiger partial charge in [0.2, 0.25) is 0 Å². The van der Waals surface area contributed by atoms with Gasteiger partial charge in [-0.05, 0) is 38.6 Å². The van der Waals surface area contributed by atoms with Gasteiger partial charge in [0, 0.05) is 17.0 Å². The molecule has 0 atom stereocenters. The first-order chi connectivity index (χ1) is 11.2. The van der Waals surface area contributed by atoms with E-state index in [0.717, 1.165) is 41.5 Å². The van der Waals surface area contributed by atoms with Crippen LogP contribution in [0.3, 0.4) is 0 Å². The monoisotopic (exact) mass is 334 g/mol. The number of unbranched alkanes of at least 4 members (excludes halogenated alkanes) is 1. The summed E-state index contributed by atoms with van der Waals surface area (Å²) < 4.78 is 5.72. The van der Waals surface area contributed by atoms with Crippen LogP contribution < -0.4 is 9.61 Å². The van der Waals surface area contributed by atoms with Gasteiger partial charge in [0.1, 0.15) is 5.75 Å². The van der Waals surface area contributed by atoms with Gasteiger partial charge in [0.05, 0.1) is 12.3 Å². The van der Waals surface area contributed by atoms with Crippen LogP contribution in [0, 0.1) is 0 Å². The van der Waals surface area contributed by atoms with E-state index in [1.54, 1.807) is 0 Å². The van der Waals surface area contributed by atoms with Crippen molar-refractivity contribution in [3.8, 4) is 17.0 Å². The Bertz CT molecular complexity index is 663. The summed E-state index contributed by atoms with van der Waals surface area (Å²) in [6.45, 7) is 9.79. The quantitative estimate of drug-likeness (QED) is 0.750. The first-order valence-electron chi connectivity index (χ1n) is 8.36. The van der Waals surface area contributed by atoms with Gasteiger partial charge in [-0.2, -0.15) is 0 Å². The molecule has 0 amide bonds. The summed E-state index contributed by atoms with van der Waals surface area (Å²) in [5, 5.41) is 0. The number of rotatable bonds is 9. The number of hydrogen-bond acceptors (Lipinski definition) is 4. The highest BCUT2D eigenvalue weighted by atomic mass is 32.1. The molecule has 0 bridgehead atoms. The minimum Gasteiger partial charge on any atom is -0.493 e. The minimum absolute atomic E-state index is 0.00662. The van der Waals surface area contributed by atoms with E-state index in [2.05, 4.69) is 23.7 Å². The number of hydrogen-bond donors (Lipinski definition) is 1. The average molecular weight is 334 g/mol. The van der Waals surface area contributed by atoms with Crippen LogP contribution in [0.15, 0.2) is 29.1 Å². The summed E-state index contributed by atoms with van der Waals surface area (Å²) in [6.07, 6.45) is 2.36. The van der Waals surface area contributed by atoms with Crippen LogP contribution in [-0.4, -0.2) is 29.6 Å². The first kappa shape index (κ1) is 17.8. The smallest absolute Gasteiger partial charge is 0.305 e. The van der Waals surface area contributed by atoms with E-state index in [0.29, 0.717) is 6.61 Å². The third kappa shape index (κ3) is 4.69. The fourth-order valence-electron chi connectivity index (χ4n) is 2.58. The van der Waals surface area contributed by atoms with Gasteiger partial charge in [-0.25, -0.2) is 0 Å². The Labute approximate surface area is 142 Å². The maximum atomic E-state index is 11.9. The lowest BCUT2D eigenvalue weighted by molar-refractivity contribution is 0.278. The van der Waals surface area contributed by atoms with E-state index in [9.17, 15) is 4.79 Å². The van der Waals surface area contributed by atoms with E-state index < -0.39 is 0 Å². The standard InChI is InChI=1S/C18H26N2O2S/c1-4-7-12-20(5-2)13-16-17(19-18(21)23-16)14-10-8-9-11-15(14)22-6-3/h8-11H,4-7,12-13H2,1-3H3,(H,19,21). The normalized spacial score (nSPS) is 11.1. The van der Waals surface area contributed by atoms with Crippen molar-refractivity contribution in [1.82, 2.24) is 9.88 Å². The molecule has 0 unspecified atom stereocenters. The van der Waals surface area contributed by atoms with Crippen molar-refractivity contribution in [2.24, 2.45) is 0 Å². The summed E-state index contributed by atoms with van der Waals surface area (Å²) in [5.74, 6) is 0.821. The topological polar surface area (TPSA) is 45.3 Å². The van der Waals surface area contributed by atoms with E-state index in [4.69, 9.17) is 4.74 Å². The second-order valence-corrected chi connectivity index (χ2v) is 6.53. The van der Waals surface area contributed by atoms with Gasteiger partial charge in [-0.3, -0.25) is 9.69 Å². The fourth-order valence-corrected chi connectivity index (χ4v) is 3.46. The van der Waals surface area contributed by atoms with Crippen LogP contribution in [-0.2, 0) is 6.54 Å². The summed E-state index contributed by atoms with van der Waals surface area (Å²) in [5.41, 5.74) is 1.87. The van der Waals surface area contributed by atoms with Crippen LogP contribution in [0.25, 0.3) is 11.3 Å². The van der Waals surface area contributed by atoms with Crippen LogP contribution in [0.1, 0.15) is 38.5 Å². The zero-order chi connectivity index (χ0) is 16.7. The third-order valence-corrected chi connectivity index (χ3v) is 4.69. The number of H-pyrrole nitrogens is 1. The van der Waals surface area contributed by atoms with E-state index in [1.807, 2.05) is 31.2 Å². The first-order valence-corrected chi connectivity index (χ1v) is 9.17. The number of aromatic amines is 1. The molecule has 1 aromatic heterocycles. The van der Waals surface area contributed by atoms with Crippen LogP contribution in [0.2, 0.25) is 0 Å². The highest BCUT2D eigenvalue weighted by Gasteiger charge is 2.16. The lowest BCUT2D eigenvalue weighted by atomic mass is 10.1. The molecule has 23 heavy (non-hydrogen) atoms. The Morgan fingerprint density at radius 1 is 1.22 bits per heavy atom. The summed E-state index contributed by atoms with van der Waals surface area (Å²) in [6, 6.07) is 7.90. The second kappa shape index (κ2) is 8.89. The molecule has 0 radical (unpaired) electrons. The van der Waals surface area contributed by atoms with Gasteiger partial charge < -0.3 is 9.72 Å². The molecular formula is C18H26N2O2S. The van der Waals surface area contributed by atoms with E-state index >= 15 is 0 Å². The van der Waals surface area contributed by atoms with E-state index in [-0.39, 0.29) is 4.87 Å². The van der Waals surface area contributed by atoms with Crippen molar-refractivity contribution in [1.29, 1.82) is 0 Å². The molecule has 4 nitrogen and oxygen atoms in total. The maximum absolute atomic E-state index is 11.9. The molecule has 0 aliphatic heterocycles. The van der Waals surface area contributed by atoms with Crippen molar-refractivity contribution >= 4 is 11.3 Å². The third-order valence-electron chi connectivity index (χ3n) is 3.82. The minimum atomic E-state index is -0.00662. The molecule has 0 aliphatic rings. The van der Waals surface area contributed by atoms with Crippen LogP contribution in [0.5, 0.6) is 5.75 Å². The average Bonchev–Trinajstić information content (AvgIpc) is 2.92. The fraction of sp³-hybridized carbons (Fsp3) is 0.500. The number of nitrogens with zero attached hydrogens (tertiary/aromatic N) is 1. The van der Waals surface area contributed by atoms with Gasteiger partial charge in [-0.1, -0.05) is 43.7 Å². The molecule has 2 aromatic rings. The molecular weight excluding hydrogens is 308 g/mol. The predicted octanol–water partition coefficient (Wildman–Crippen LogP) is 4.12. The van der Waals surface area contributed by atoms with Crippen LogP contribution >= 0.6 is 11.3 Å². The van der Waals surface area contributed by atoms with Crippen molar-refractivity contribution in [2.45, 2.75) is 40.2 Å². The molecule has 1 N–H and O–H groups in total.